The van der Waals surface area contributed by atoms with Crippen LogP contribution in [-0.4, -0.2) is 0 Å². The first-order valence-corrected chi connectivity index (χ1v) is 7.94. The van der Waals surface area contributed by atoms with Gasteiger partial charge in [-0.3, -0.25) is 0 Å². The molecule has 0 N–H and O–H groups in total. The molecule has 2 saturated carbocycles. The van der Waals surface area contributed by atoms with Crippen molar-refractivity contribution in [3.8, 4) is 0 Å². The summed E-state index contributed by atoms with van der Waals surface area (Å²) in [4.78, 5) is 0. The minimum atomic E-state index is 0.733. The molecule has 2 atom stereocenters. The van der Waals surface area contributed by atoms with Crippen LogP contribution in [0.3, 0.4) is 0 Å². The van der Waals surface area contributed by atoms with Crippen molar-refractivity contribution in [2.45, 2.75) is 59.8 Å². The van der Waals surface area contributed by atoms with Gasteiger partial charge in [0, 0.05) is 0 Å². The fourth-order valence-electron chi connectivity index (χ4n) is 3.29. The Labute approximate surface area is 126 Å². The molecule has 0 bridgehead atoms. The lowest BCUT2D eigenvalue weighted by Crippen LogP contribution is -2.07. The van der Waals surface area contributed by atoms with Gasteiger partial charge >= 0.3 is 0 Å². The fraction of sp³-hybridized carbons (Fsp3) is 0.600. The normalized spacial score (nSPS) is 26.4. The maximum Gasteiger partial charge on any atom is -0.0141 e. The largest absolute Gasteiger partial charge is 0.0996 e. The second-order valence-corrected chi connectivity index (χ2v) is 6.99. The fourth-order valence-corrected chi connectivity index (χ4v) is 3.29. The molecule has 20 heavy (non-hydrogen) atoms. The number of rotatable bonds is 5. The molecule has 2 rings (SSSR count). The molecule has 0 radical (unpaired) electrons. The van der Waals surface area contributed by atoms with E-state index in [4.69, 9.17) is 0 Å². The molecule has 0 amide bonds. The Hall–Kier alpha value is -1.04. The molecule has 0 aromatic heterocycles. The van der Waals surface area contributed by atoms with E-state index in [1.165, 1.54) is 30.4 Å². The highest BCUT2D eigenvalue weighted by Crippen LogP contribution is 2.69. The summed E-state index contributed by atoms with van der Waals surface area (Å²) in [5, 5.41) is 0. The van der Waals surface area contributed by atoms with Crippen LogP contribution in [-0.2, 0) is 0 Å². The van der Waals surface area contributed by atoms with Gasteiger partial charge in [-0.2, -0.15) is 0 Å². The lowest BCUT2D eigenvalue weighted by Gasteiger charge is -2.15. The molecule has 0 aromatic carbocycles. The third kappa shape index (κ3) is 4.23. The number of fused-ring (bicyclic) bond motifs is 1. The van der Waals surface area contributed by atoms with E-state index in [9.17, 15) is 0 Å². The van der Waals surface area contributed by atoms with E-state index in [2.05, 4.69) is 53.5 Å². The van der Waals surface area contributed by atoms with Gasteiger partial charge in [0.2, 0.25) is 0 Å². The monoisotopic (exact) mass is 272 g/mol. The van der Waals surface area contributed by atoms with Crippen molar-refractivity contribution < 1.29 is 0 Å². The van der Waals surface area contributed by atoms with Gasteiger partial charge < -0.3 is 0 Å². The molecule has 0 heterocycles. The van der Waals surface area contributed by atoms with Gasteiger partial charge in [-0.25, -0.2) is 0 Å². The summed E-state index contributed by atoms with van der Waals surface area (Å²) in [5.74, 6) is 1.81. The second-order valence-electron chi connectivity index (χ2n) is 6.99. The number of allylic oxidation sites excluding steroid dienone is 5. The van der Waals surface area contributed by atoms with E-state index >= 15 is 0 Å². The van der Waals surface area contributed by atoms with Crippen LogP contribution in [0.5, 0.6) is 0 Å². The van der Waals surface area contributed by atoms with Crippen molar-refractivity contribution in [2.24, 2.45) is 17.3 Å². The van der Waals surface area contributed by atoms with Crippen LogP contribution in [0, 0.1) is 17.3 Å². The van der Waals surface area contributed by atoms with Crippen molar-refractivity contribution in [2.75, 3.05) is 0 Å². The van der Waals surface area contributed by atoms with E-state index in [0.717, 1.165) is 35.7 Å². The molecular weight excluding hydrogens is 240 g/mol. The van der Waals surface area contributed by atoms with Crippen molar-refractivity contribution >= 4 is 0 Å². The minimum Gasteiger partial charge on any atom is -0.0996 e. The summed E-state index contributed by atoms with van der Waals surface area (Å²) in [5.41, 5.74) is 4.76. The van der Waals surface area contributed by atoms with E-state index in [1.807, 2.05) is 6.08 Å². The van der Waals surface area contributed by atoms with Crippen LogP contribution in [0.1, 0.15) is 59.8 Å². The first-order chi connectivity index (χ1) is 9.33. The molecule has 2 unspecified atom stereocenters. The van der Waals surface area contributed by atoms with E-state index in [0.29, 0.717) is 0 Å². The van der Waals surface area contributed by atoms with Gasteiger partial charge in [-0.15, -0.1) is 0 Å². The standard InChI is InChI=1S/2C10H16/c1-7(2)10-5-4-8(3)9(10)6-10;1-5-10(4)8-6-7-9(2)3/h7,9H,3-6H2,1-2H3;5,7H,1,4,6,8H2,2-3H3. The van der Waals surface area contributed by atoms with Gasteiger partial charge in [0.1, 0.15) is 0 Å². The lowest BCUT2D eigenvalue weighted by atomic mass is 9.90. The maximum absolute atomic E-state index is 4.10. The van der Waals surface area contributed by atoms with Crippen molar-refractivity contribution in [1.82, 2.24) is 0 Å². The third-order valence-corrected chi connectivity index (χ3v) is 4.98. The first kappa shape index (κ1) is 17.0. The summed E-state index contributed by atoms with van der Waals surface area (Å²) in [6.07, 6.45) is 10.3. The van der Waals surface area contributed by atoms with Crippen LogP contribution in [0.2, 0.25) is 0 Å². The highest BCUT2D eigenvalue weighted by molar-refractivity contribution is 5.26. The highest BCUT2D eigenvalue weighted by atomic mass is 14.6. The van der Waals surface area contributed by atoms with E-state index in [1.54, 1.807) is 0 Å². The third-order valence-electron chi connectivity index (χ3n) is 4.98. The molecule has 2 aliphatic rings. The van der Waals surface area contributed by atoms with Crippen LogP contribution in [0.4, 0.5) is 0 Å². The van der Waals surface area contributed by atoms with Gasteiger partial charge in [0.25, 0.3) is 0 Å². The van der Waals surface area contributed by atoms with Crippen molar-refractivity contribution in [3.63, 3.8) is 0 Å². The summed E-state index contributed by atoms with van der Waals surface area (Å²) >= 11 is 0. The number of hydrogen-bond acceptors (Lipinski definition) is 0. The molecule has 0 saturated heterocycles. The molecule has 0 nitrogen and oxygen atoms in total. The maximum atomic E-state index is 4.10. The van der Waals surface area contributed by atoms with E-state index in [-0.39, 0.29) is 0 Å². The Kier molecular flexibility index (Phi) is 6.05. The molecule has 0 aliphatic heterocycles. The number of hydrogen-bond donors (Lipinski definition) is 0. The van der Waals surface area contributed by atoms with Crippen LogP contribution < -0.4 is 0 Å². The summed E-state index contributed by atoms with van der Waals surface area (Å²) < 4.78 is 0. The minimum absolute atomic E-state index is 0.733. The Morgan fingerprint density at radius 1 is 1.40 bits per heavy atom. The molecule has 112 valence electrons. The first-order valence-electron chi connectivity index (χ1n) is 7.94. The summed E-state index contributed by atoms with van der Waals surface area (Å²) in [6.45, 7) is 20.5. The zero-order chi connectivity index (χ0) is 15.3. The Morgan fingerprint density at radius 2 is 2.05 bits per heavy atom. The van der Waals surface area contributed by atoms with Crippen LogP contribution in [0.25, 0.3) is 0 Å². The quantitative estimate of drug-likeness (QED) is 0.397. The molecule has 2 aliphatic carbocycles. The van der Waals surface area contributed by atoms with Gasteiger partial charge in [0.05, 0.1) is 0 Å². The molecule has 0 spiro atoms. The lowest BCUT2D eigenvalue weighted by molar-refractivity contribution is 0.344. The SMILES string of the molecule is C=C1CCC2(C(C)C)CC12.C=CC(=C)CCC=C(C)C. The van der Waals surface area contributed by atoms with Crippen LogP contribution in [0.15, 0.2) is 48.6 Å². The molecule has 2 fully saturated rings. The zero-order valence-corrected chi connectivity index (χ0v) is 14.0. The smallest absolute Gasteiger partial charge is 0.0141 e. The zero-order valence-electron chi connectivity index (χ0n) is 14.0. The Morgan fingerprint density at radius 3 is 2.35 bits per heavy atom. The van der Waals surface area contributed by atoms with Crippen LogP contribution >= 0.6 is 0 Å². The summed E-state index contributed by atoms with van der Waals surface area (Å²) in [6, 6.07) is 0. The molecule has 0 aromatic rings. The molecular formula is C20H32. The Bertz CT molecular complexity index is 404. The topological polar surface area (TPSA) is 0 Å². The van der Waals surface area contributed by atoms with Crippen molar-refractivity contribution in [3.05, 3.63) is 48.6 Å². The highest BCUT2D eigenvalue weighted by Gasteiger charge is 2.59. The van der Waals surface area contributed by atoms with Gasteiger partial charge in [0.15, 0.2) is 0 Å². The predicted molar refractivity (Wildman–Crippen MR) is 91.8 cm³/mol. The summed E-state index contributed by atoms with van der Waals surface area (Å²) in [7, 11) is 0. The molecule has 0 heteroatoms. The van der Waals surface area contributed by atoms with Gasteiger partial charge in [-0.1, -0.05) is 62.5 Å². The predicted octanol–water partition coefficient (Wildman–Crippen LogP) is 6.47. The second kappa shape index (κ2) is 7.11. The average Bonchev–Trinajstić information content (AvgIpc) is 3.05. The van der Waals surface area contributed by atoms with Gasteiger partial charge in [-0.05, 0) is 63.2 Å². The van der Waals surface area contributed by atoms with E-state index < -0.39 is 0 Å². The Balaban J connectivity index is 0.000000200. The average molecular weight is 272 g/mol. The van der Waals surface area contributed by atoms with Crippen molar-refractivity contribution in [1.29, 1.82) is 0 Å².